The molecule has 0 aliphatic carbocycles. The van der Waals surface area contributed by atoms with E-state index < -0.39 is 11.4 Å². The lowest BCUT2D eigenvalue weighted by Crippen LogP contribution is -2.61. The number of nitrogens with zero attached hydrogens (tertiary/aromatic N) is 1. The monoisotopic (exact) mass is 541 g/mol. The fourth-order valence-corrected chi connectivity index (χ4v) is 4.86. The summed E-state index contributed by atoms with van der Waals surface area (Å²) in [7, 11) is 0. The number of piperidine rings is 1. The van der Waals surface area contributed by atoms with E-state index in [-0.39, 0.29) is 43.8 Å². The molecule has 5 N–H and O–H groups in total. The number of fused-ring (bicyclic) bond motifs is 1. The first-order valence-corrected chi connectivity index (χ1v) is 13.1. The van der Waals surface area contributed by atoms with Crippen LogP contribution in [0.25, 0.3) is 0 Å². The molecule has 5 rings (SSSR count). The molecule has 10 nitrogen and oxygen atoms in total. The van der Waals surface area contributed by atoms with Gasteiger partial charge < -0.3 is 26.0 Å². The predicted octanol–water partition coefficient (Wildman–Crippen LogP) is 3.20. The van der Waals surface area contributed by atoms with Crippen molar-refractivity contribution in [3.63, 3.8) is 0 Å². The van der Waals surface area contributed by atoms with Crippen molar-refractivity contribution >= 4 is 29.4 Å². The number of hydrogen-bond donors (Lipinski definition) is 4. The van der Waals surface area contributed by atoms with Crippen molar-refractivity contribution in [2.45, 2.75) is 51.5 Å². The Hall–Kier alpha value is -4.70. The molecule has 3 aromatic rings. The van der Waals surface area contributed by atoms with Gasteiger partial charge in [0.15, 0.2) is 0 Å². The largest absolute Gasteiger partial charge is 0.489 e. The van der Waals surface area contributed by atoms with Gasteiger partial charge in [-0.05, 0) is 65.9 Å². The highest BCUT2D eigenvalue weighted by molar-refractivity contribution is 6.07. The maximum absolute atomic E-state index is 13.0. The van der Waals surface area contributed by atoms with Gasteiger partial charge in [-0.2, -0.15) is 0 Å². The van der Waals surface area contributed by atoms with Gasteiger partial charge in [0.1, 0.15) is 17.9 Å². The van der Waals surface area contributed by atoms with Crippen LogP contribution in [0.1, 0.15) is 52.4 Å². The van der Waals surface area contributed by atoms with E-state index in [1.54, 1.807) is 43.3 Å². The Morgan fingerprint density at radius 2 is 1.70 bits per heavy atom. The number of hydrogen-bond acceptors (Lipinski definition) is 6. The Morgan fingerprint density at radius 1 is 1.00 bits per heavy atom. The molecule has 1 saturated heterocycles. The SMILES string of the molecule is CC1(N2Cc3cc(CNC(=O)Nc4ccc(OCc5ccc(CN)cc5)cc4)ccc3C2=O)CCC(=O)NC1=O. The van der Waals surface area contributed by atoms with E-state index in [1.807, 2.05) is 30.3 Å². The predicted molar refractivity (Wildman–Crippen MR) is 148 cm³/mol. The third-order valence-corrected chi connectivity index (χ3v) is 7.38. The molecular weight excluding hydrogens is 510 g/mol. The average molecular weight is 542 g/mol. The van der Waals surface area contributed by atoms with Crippen molar-refractivity contribution in [3.8, 4) is 5.75 Å². The van der Waals surface area contributed by atoms with Crippen molar-refractivity contribution in [2.24, 2.45) is 5.73 Å². The number of carbonyl (C=O) groups excluding carboxylic acids is 4. The summed E-state index contributed by atoms with van der Waals surface area (Å²) in [6.07, 6.45) is 0.467. The van der Waals surface area contributed by atoms with E-state index in [4.69, 9.17) is 10.5 Å². The number of nitrogens with one attached hydrogen (secondary N) is 3. The first-order chi connectivity index (χ1) is 19.2. The van der Waals surface area contributed by atoms with Gasteiger partial charge in [0.25, 0.3) is 11.8 Å². The van der Waals surface area contributed by atoms with Crippen molar-refractivity contribution in [2.75, 3.05) is 5.32 Å². The van der Waals surface area contributed by atoms with Crippen molar-refractivity contribution in [1.29, 1.82) is 0 Å². The van der Waals surface area contributed by atoms with Crippen molar-refractivity contribution in [1.82, 2.24) is 15.5 Å². The Balaban J connectivity index is 1.12. The molecule has 206 valence electrons. The zero-order chi connectivity index (χ0) is 28.3. The fourth-order valence-electron chi connectivity index (χ4n) is 4.86. The quantitative estimate of drug-likeness (QED) is 0.323. The zero-order valence-corrected chi connectivity index (χ0v) is 22.2. The molecule has 5 amide bonds. The van der Waals surface area contributed by atoms with Crippen molar-refractivity contribution < 1.29 is 23.9 Å². The fraction of sp³-hybridized carbons (Fsp3) is 0.267. The summed E-state index contributed by atoms with van der Waals surface area (Å²) in [5.41, 5.74) is 9.38. The van der Waals surface area contributed by atoms with Gasteiger partial charge in [0, 0.05) is 37.3 Å². The third-order valence-electron chi connectivity index (χ3n) is 7.38. The summed E-state index contributed by atoms with van der Waals surface area (Å²) in [5.74, 6) is -0.341. The molecule has 1 fully saturated rings. The van der Waals surface area contributed by atoms with Gasteiger partial charge >= 0.3 is 6.03 Å². The zero-order valence-electron chi connectivity index (χ0n) is 22.2. The second-order valence-corrected chi connectivity index (χ2v) is 10.2. The second kappa shape index (κ2) is 11.2. The van der Waals surface area contributed by atoms with Crippen LogP contribution < -0.4 is 26.4 Å². The highest BCUT2D eigenvalue weighted by Crippen LogP contribution is 2.34. The van der Waals surface area contributed by atoms with Crippen molar-refractivity contribution in [3.05, 3.63) is 94.5 Å². The third kappa shape index (κ3) is 5.67. The van der Waals surface area contributed by atoms with Crippen LogP contribution in [-0.2, 0) is 35.8 Å². The lowest BCUT2D eigenvalue weighted by atomic mass is 9.89. The smallest absolute Gasteiger partial charge is 0.319 e. The molecule has 10 heteroatoms. The van der Waals surface area contributed by atoms with Crippen LogP contribution in [0.4, 0.5) is 10.5 Å². The van der Waals surface area contributed by atoms with Crippen LogP contribution in [0.15, 0.2) is 66.7 Å². The van der Waals surface area contributed by atoms with Crippen LogP contribution in [0.5, 0.6) is 5.75 Å². The summed E-state index contributed by atoms with van der Waals surface area (Å²) >= 11 is 0. The molecule has 0 aromatic heterocycles. The summed E-state index contributed by atoms with van der Waals surface area (Å²) in [4.78, 5) is 51.2. The number of urea groups is 1. The van der Waals surface area contributed by atoms with Gasteiger partial charge in [-0.3, -0.25) is 19.7 Å². The maximum atomic E-state index is 13.0. The molecular formula is C30H31N5O5. The van der Waals surface area contributed by atoms with Gasteiger partial charge in [-0.1, -0.05) is 36.4 Å². The Labute approximate surface area is 231 Å². The van der Waals surface area contributed by atoms with E-state index in [1.165, 1.54) is 4.90 Å². The van der Waals surface area contributed by atoms with Crippen LogP contribution in [0.3, 0.4) is 0 Å². The average Bonchev–Trinajstić information content (AvgIpc) is 3.30. The topological polar surface area (TPSA) is 143 Å². The lowest BCUT2D eigenvalue weighted by Gasteiger charge is -2.39. The number of nitrogens with two attached hydrogens (primary N) is 1. The normalized spacial score (nSPS) is 18.2. The van der Waals surface area contributed by atoms with Gasteiger partial charge in [0.2, 0.25) is 5.91 Å². The first-order valence-electron chi connectivity index (χ1n) is 13.1. The number of rotatable bonds is 8. The Bertz CT molecular complexity index is 1450. The summed E-state index contributed by atoms with van der Waals surface area (Å²) in [6.45, 7) is 3.13. The molecule has 2 aliphatic rings. The van der Waals surface area contributed by atoms with Gasteiger partial charge in [0.05, 0.1) is 0 Å². The van der Waals surface area contributed by atoms with E-state index >= 15 is 0 Å². The highest BCUT2D eigenvalue weighted by Gasteiger charge is 2.48. The summed E-state index contributed by atoms with van der Waals surface area (Å²) in [5, 5.41) is 7.96. The number of imide groups is 1. The number of anilines is 1. The lowest BCUT2D eigenvalue weighted by molar-refractivity contribution is -0.142. The molecule has 1 unspecified atom stereocenters. The first kappa shape index (κ1) is 26.9. The van der Waals surface area contributed by atoms with E-state index in [9.17, 15) is 19.2 Å². The molecule has 3 aromatic carbocycles. The summed E-state index contributed by atoms with van der Waals surface area (Å²) in [6, 6.07) is 20.0. The molecule has 0 spiro atoms. The number of benzene rings is 3. The molecule has 0 radical (unpaired) electrons. The van der Waals surface area contributed by atoms with E-state index in [0.717, 1.165) is 22.3 Å². The molecule has 2 aliphatic heterocycles. The van der Waals surface area contributed by atoms with Crippen LogP contribution in [-0.4, -0.2) is 34.2 Å². The molecule has 2 heterocycles. The van der Waals surface area contributed by atoms with Gasteiger partial charge in [-0.25, -0.2) is 4.79 Å². The molecule has 1 atom stereocenters. The van der Waals surface area contributed by atoms with E-state index in [2.05, 4.69) is 16.0 Å². The minimum atomic E-state index is -1.08. The minimum Gasteiger partial charge on any atom is -0.489 e. The standard InChI is InChI=1S/C30H31N5O5/c1-30(13-12-26(36)34-28(30)38)35-17-22-14-21(6-11-25(22)27(35)37)16-32-29(39)33-23-7-9-24(10-8-23)40-18-20-4-2-19(15-31)3-5-20/h2-11,14H,12-13,15-18,31H2,1H3,(H2,32,33,39)(H,34,36,38). The van der Waals surface area contributed by atoms with Crippen LogP contribution in [0, 0.1) is 0 Å². The maximum Gasteiger partial charge on any atom is 0.319 e. The molecule has 40 heavy (non-hydrogen) atoms. The van der Waals surface area contributed by atoms with Crippen LogP contribution >= 0.6 is 0 Å². The molecule has 0 saturated carbocycles. The number of carbonyl (C=O) groups is 4. The summed E-state index contributed by atoms with van der Waals surface area (Å²) < 4.78 is 5.81. The number of amides is 5. The van der Waals surface area contributed by atoms with E-state index in [0.29, 0.717) is 30.2 Å². The van der Waals surface area contributed by atoms with Crippen LogP contribution in [0.2, 0.25) is 0 Å². The molecule has 0 bridgehead atoms. The minimum absolute atomic E-state index is 0.187. The van der Waals surface area contributed by atoms with Gasteiger partial charge in [-0.15, -0.1) is 0 Å². The Morgan fingerprint density at radius 3 is 2.40 bits per heavy atom. The second-order valence-electron chi connectivity index (χ2n) is 10.2. The highest BCUT2D eigenvalue weighted by atomic mass is 16.5. The number of ether oxygens (including phenoxy) is 1. The Kier molecular flexibility index (Phi) is 7.52.